The standard InChI is InChI=1S/C9H13BrO/c1-2-11-8-5-6-3-4-7(8)9(6)10/h3-4,6-9H,2,5H2,1H3/t6-,7+,8-,9?/m1/s1. The van der Waals surface area contributed by atoms with Crippen molar-refractivity contribution in [2.45, 2.75) is 24.3 Å². The lowest BCUT2D eigenvalue weighted by atomic mass is 10.1. The lowest BCUT2D eigenvalue weighted by Gasteiger charge is -2.17. The maximum atomic E-state index is 5.63. The molecule has 62 valence electrons. The Balaban J connectivity index is 2.03. The fraction of sp³-hybridized carbons (Fsp3) is 0.778. The zero-order chi connectivity index (χ0) is 7.84. The molecule has 0 spiro atoms. The molecule has 0 heterocycles. The van der Waals surface area contributed by atoms with Gasteiger partial charge in [0.2, 0.25) is 0 Å². The second-order valence-electron chi connectivity index (χ2n) is 3.30. The molecule has 11 heavy (non-hydrogen) atoms. The van der Waals surface area contributed by atoms with Gasteiger partial charge in [-0.3, -0.25) is 0 Å². The van der Waals surface area contributed by atoms with Crippen molar-refractivity contribution >= 4 is 15.9 Å². The summed E-state index contributed by atoms with van der Waals surface area (Å²) in [4.78, 5) is 0.652. The normalized spacial score (nSPS) is 47.1. The van der Waals surface area contributed by atoms with Gasteiger partial charge in [0.05, 0.1) is 6.10 Å². The zero-order valence-corrected chi connectivity index (χ0v) is 8.25. The van der Waals surface area contributed by atoms with Crippen LogP contribution in [0.4, 0.5) is 0 Å². The summed E-state index contributed by atoms with van der Waals surface area (Å²) >= 11 is 3.70. The smallest absolute Gasteiger partial charge is 0.0654 e. The minimum absolute atomic E-state index is 0.486. The molecule has 0 radical (unpaired) electrons. The Bertz CT molecular complexity index is 178. The van der Waals surface area contributed by atoms with Gasteiger partial charge in [-0.2, -0.15) is 0 Å². The van der Waals surface area contributed by atoms with Gasteiger partial charge < -0.3 is 4.74 Å². The lowest BCUT2D eigenvalue weighted by Crippen LogP contribution is -2.19. The fourth-order valence-electron chi connectivity index (χ4n) is 2.12. The fourth-order valence-corrected chi connectivity index (χ4v) is 3.03. The molecule has 0 aromatic rings. The van der Waals surface area contributed by atoms with Gasteiger partial charge in [-0.15, -0.1) is 0 Å². The predicted octanol–water partition coefficient (Wildman–Crippen LogP) is 2.36. The summed E-state index contributed by atoms with van der Waals surface area (Å²) in [7, 11) is 0. The molecule has 2 heteroatoms. The molecule has 0 aromatic heterocycles. The molecule has 4 atom stereocenters. The largest absolute Gasteiger partial charge is 0.378 e. The maximum Gasteiger partial charge on any atom is 0.0654 e. The Labute approximate surface area is 75.9 Å². The number of alkyl halides is 1. The van der Waals surface area contributed by atoms with E-state index in [9.17, 15) is 0 Å². The molecule has 1 unspecified atom stereocenters. The number of hydrogen-bond acceptors (Lipinski definition) is 1. The SMILES string of the molecule is CCO[C@@H]1C[C@H]2C=C[C@@H]1C2Br. The van der Waals surface area contributed by atoms with Crippen molar-refractivity contribution in [3.63, 3.8) is 0 Å². The third kappa shape index (κ3) is 1.17. The molecule has 1 nitrogen and oxygen atoms in total. The van der Waals surface area contributed by atoms with Crippen molar-refractivity contribution in [3.05, 3.63) is 12.2 Å². The van der Waals surface area contributed by atoms with Gasteiger partial charge in [-0.05, 0) is 19.3 Å². The highest BCUT2D eigenvalue weighted by Crippen LogP contribution is 2.45. The Morgan fingerprint density at radius 1 is 1.55 bits per heavy atom. The molecule has 0 amide bonds. The van der Waals surface area contributed by atoms with Gasteiger partial charge in [0, 0.05) is 17.4 Å². The highest BCUT2D eigenvalue weighted by Gasteiger charge is 2.43. The molecule has 0 aliphatic heterocycles. The monoisotopic (exact) mass is 216 g/mol. The van der Waals surface area contributed by atoms with Gasteiger partial charge in [0.1, 0.15) is 0 Å². The van der Waals surface area contributed by atoms with E-state index in [0.29, 0.717) is 16.8 Å². The third-order valence-electron chi connectivity index (χ3n) is 2.67. The summed E-state index contributed by atoms with van der Waals surface area (Å²) in [6, 6.07) is 0. The lowest BCUT2D eigenvalue weighted by molar-refractivity contribution is 0.0462. The molecule has 0 aromatic carbocycles. The van der Waals surface area contributed by atoms with Crippen LogP contribution in [0.2, 0.25) is 0 Å². The summed E-state index contributed by atoms with van der Waals surface area (Å²) in [6.07, 6.45) is 6.32. The minimum Gasteiger partial charge on any atom is -0.378 e. The Morgan fingerprint density at radius 3 is 2.82 bits per heavy atom. The number of halogens is 1. The van der Waals surface area contributed by atoms with E-state index < -0.39 is 0 Å². The quantitative estimate of drug-likeness (QED) is 0.509. The number of rotatable bonds is 2. The first-order chi connectivity index (χ1) is 5.33. The Hall–Kier alpha value is 0.180. The summed E-state index contributed by atoms with van der Waals surface area (Å²) in [6.45, 7) is 2.92. The highest BCUT2D eigenvalue weighted by atomic mass is 79.9. The van der Waals surface area contributed by atoms with Crippen molar-refractivity contribution in [1.82, 2.24) is 0 Å². The van der Waals surface area contributed by atoms with Crippen LogP contribution >= 0.6 is 15.9 Å². The topological polar surface area (TPSA) is 9.23 Å². The molecule has 0 N–H and O–H groups in total. The summed E-state index contributed by atoms with van der Waals surface area (Å²) < 4.78 is 5.63. The van der Waals surface area contributed by atoms with Crippen LogP contribution in [0, 0.1) is 11.8 Å². The second kappa shape index (κ2) is 2.91. The summed E-state index contributed by atoms with van der Waals surface area (Å²) in [5, 5.41) is 0. The van der Waals surface area contributed by atoms with Crippen LogP contribution in [0.3, 0.4) is 0 Å². The Morgan fingerprint density at radius 2 is 2.36 bits per heavy atom. The molecule has 1 saturated carbocycles. The van der Waals surface area contributed by atoms with Crippen LogP contribution < -0.4 is 0 Å². The van der Waals surface area contributed by atoms with Gasteiger partial charge >= 0.3 is 0 Å². The summed E-state index contributed by atoms with van der Waals surface area (Å²) in [5.41, 5.74) is 0. The van der Waals surface area contributed by atoms with Crippen molar-refractivity contribution in [2.75, 3.05) is 6.61 Å². The van der Waals surface area contributed by atoms with Crippen molar-refractivity contribution in [3.8, 4) is 0 Å². The van der Waals surface area contributed by atoms with Crippen LogP contribution in [0.25, 0.3) is 0 Å². The first-order valence-corrected chi connectivity index (χ1v) is 5.18. The molecule has 2 aliphatic rings. The van der Waals surface area contributed by atoms with E-state index in [1.165, 1.54) is 6.42 Å². The minimum atomic E-state index is 0.486. The molecular weight excluding hydrogens is 204 g/mol. The third-order valence-corrected chi connectivity index (χ3v) is 3.96. The number of hydrogen-bond donors (Lipinski definition) is 0. The van der Waals surface area contributed by atoms with Crippen LogP contribution in [0.5, 0.6) is 0 Å². The predicted molar refractivity (Wildman–Crippen MR) is 48.9 cm³/mol. The van der Waals surface area contributed by atoms with E-state index in [-0.39, 0.29) is 0 Å². The number of ether oxygens (including phenoxy) is 1. The molecule has 2 bridgehead atoms. The molecule has 2 rings (SSSR count). The van der Waals surface area contributed by atoms with Crippen molar-refractivity contribution in [1.29, 1.82) is 0 Å². The average Bonchev–Trinajstić information content (AvgIpc) is 2.47. The van der Waals surface area contributed by atoms with Crippen LogP contribution in [-0.4, -0.2) is 17.5 Å². The van der Waals surface area contributed by atoms with Gasteiger partial charge in [0.15, 0.2) is 0 Å². The maximum absolute atomic E-state index is 5.63. The first-order valence-electron chi connectivity index (χ1n) is 4.27. The van der Waals surface area contributed by atoms with Crippen molar-refractivity contribution in [2.24, 2.45) is 11.8 Å². The van der Waals surface area contributed by atoms with Gasteiger partial charge in [-0.25, -0.2) is 0 Å². The highest BCUT2D eigenvalue weighted by molar-refractivity contribution is 9.09. The van der Waals surface area contributed by atoms with Crippen LogP contribution in [0.15, 0.2) is 12.2 Å². The molecular formula is C9H13BrO. The average molecular weight is 217 g/mol. The first kappa shape index (κ1) is 7.81. The molecule has 1 fully saturated rings. The van der Waals surface area contributed by atoms with E-state index in [4.69, 9.17) is 4.74 Å². The molecule has 2 aliphatic carbocycles. The summed E-state index contributed by atoms with van der Waals surface area (Å²) in [5.74, 6) is 1.37. The number of fused-ring (bicyclic) bond motifs is 2. The van der Waals surface area contributed by atoms with E-state index in [0.717, 1.165) is 12.5 Å². The van der Waals surface area contributed by atoms with Crippen LogP contribution in [-0.2, 0) is 4.74 Å². The van der Waals surface area contributed by atoms with Crippen LogP contribution in [0.1, 0.15) is 13.3 Å². The van der Waals surface area contributed by atoms with E-state index in [1.807, 2.05) is 0 Å². The zero-order valence-electron chi connectivity index (χ0n) is 6.66. The Kier molecular flexibility index (Phi) is 2.06. The van der Waals surface area contributed by atoms with Crippen molar-refractivity contribution < 1.29 is 4.74 Å². The van der Waals surface area contributed by atoms with E-state index >= 15 is 0 Å². The second-order valence-corrected chi connectivity index (χ2v) is 4.36. The molecule has 0 saturated heterocycles. The van der Waals surface area contributed by atoms with E-state index in [2.05, 4.69) is 35.0 Å². The number of allylic oxidation sites excluding steroid dienone is 1. The van der Waals surface area contributed by atoms with E-state index in [1.54, 1.807) is 0 Å². The van der Waals surface area contributed by atoms with Gasteiger partial charge in [-0.1, -0.05) is 28.1 Å². The van der Waals surface area contributed by atoms with Gasteiger partial charge in [0.25, 0.3) is 0 Å².